The van der Waals surface area contributed by atoms with Crippen LogP contribution in [-0.4, -0.2) is 5.84 Å². The van der Waals surface area contributed by atoms with E-state index in [1.165, 1.54) is 0 Å². The van der Waals surface area contributed by atoms with Crippen molar-refractivity contribution in [1.82, 2.24) is 0 Å². The molecule has 0 saturated heterocycles. The Bertz CT molecular complexity index is 468. The number of nitrogens with zero attached hydrogens (tertiary/aromatic N) is 1. The quantitative estimate of drug-likeness (QED) is 0.544. The summed E-state index contributed by atoms with van der Waals surface area (Å²) in [5.74, 6) is 0.777. The molecule has 0 radical (unpaired) electrons. The second-order valence-corrected chi connectivity index (χ2v) is 4.65. The fraction of sp³-hybridized carbons (Fsp3) is 0.222. The van der Waals surface area contributed by atoms with Crippen molar-refractivity contribution in [2.45, 2.75) is 13.5 Å². The van der Waals surface area contributed by atoms with Gasteiger partial charge in [-0.2, -0.15) is 0 Å². The number of nitrogens with one attached hydrogen (secondary N) is 1. The third kappa shape index (κ3) is 1.80. The highest BCUT2D eigenvalue weighted by Gasteiger charge is 2.22. The highest BCUT2D eigenvalue weighted by atomic mass is 35.5. The van der Waals surface area contributed by atoms with Gasteiger partial charge in [0.1, 0.15) is 0 Å². The van der Waals surface area contributed by atoms with Crippen LogP contribution in [0.15, 0.2) is 4.99 Å². The number of aliphatic imine (C=N–C) groups is 1. The average molecular weight is 284 g/mol. The van der Waals surface area contributed by atoms with Crippen LogP contribution >= 0.6 is 46.4 Å². The molecule has 0 fully saturated rings. The third-order valence-corrected chi connectivity index (χ3v) is 3.99. The summed E-state index contributed by atoms with van der Waals surface area (Å²) in [6, 6.07) is 0. The SMILES string of the molecule is CC1=NCc2c(Cl)c(Cl)c(Cl)c(Cl)c2N1. The zero-order chi connectivity index (χ0) is 11.2. The fourth-order valence-electron chi connectivity index (χ4n) is 1.37. The van der Waals surface area contributed by atoms with Gasteiger partial charge in [0.2, 0.25) is 0 Å². The van der Waals surface area contributed by atoms with Gasteiger partial charge in [0, 0.05) is 5.56 Å². The molecule has 1 aliphatic rings. The summed E-state index contributed by atoms with van der Waals surface area (Å²) in [6.07, 6.45) is 0. The van der Waals surface area contributed by atoms with Gasteiger partial charge in [0.15, 0.2) is 0 Å². The molecule has 0 aromatic heterocycles. The molecule has 0 atom stereocenters. The maximum Gasteiger partial charge on any atom is 0.0980 e. The molecular weight excluding hydrogens is 278 g/mol. The lowest BCUT2D eigenvalue weighted by Crippen LogP contribution is -2.15. The minimum Gasteiger partial charge on any atom is -0.343 e. The summed E-state index contributed by atoms with van der Waals surface area (Å²) in [5, 5.41) is 4.36. The Labute approximate surface area is 107 Å². The first kappa shape index (κ1) is 11.3. The number of halogens is 4. The van der Waals surface area contributed by atoms with Gasteiger partial charge in [-0.1, -0.05) is 46.4 Å². The van der Waals surface area contributed by atoms with Crippen molar-refractivity contribution in [3.8, 4) is 0 Å². The van der Waals surface area contributed by atoms with E-state index in [1.54, 1.807) is 0 Å². The van der Waals surface area contributed by atoms with Gasteiger partial charge in [-0.15, -0.1) is 0 Å². The van der Waals surface area contributed by atoms with E-state index < -0.39 is 0 Å². The average Bonchev–Trinajstić information content (AvgIpc) is 2.23. The van der Waals surface area contributed by atoms with Gasteiger partial charge in [-0.25, -0.2) is 0 Å². The van der Waals surface area contributed by atoms with Gasteiger partial charge in [-0.3, -0.25) is 4.99 Å². The van der Waals surface area contributed by atoms with E-state index in [2.05, 4.69) is 10.3 Å². The first-order valence-corrected chi connectivity index (χ1v) is 5.66. The van der Waals surface area contributed by atoms with Crippen molar-refractivity contribution in [2.75, 3.05) is 5.32 Å². The molecule has 2 rings (SSSR count). The Morgan fingerprint density at radius 1 is 1.00 bits per heavy atom. The van der Waals surface area contributed by atoms with Crippen LogP contribution in [0, 0.1) is 0 Å². The topological polar surface area (TPSA) is 24.4 Å². The number of benzene rings is 1. The fourth-order valence-corrected chi connectivity index (χ4v) is 2.37. The molecule has 0 amide bonds. The molecule has 0 spiro atoms. The van der Waals surface area contributed by atoms with Gasteiger partial charge >= 0.3 is 0 Å². The van der Waals surface area contributed by atoms with Crippen LogP contribution < -0.4 is 5.32 Å². The Kier molecular flexibility index (Phi) is 3.04. The lowest BCUT2D eigenvalue weighted by atomic mass is 10.1. The minimum atomic E-state index is 0.268. The van der Waals surface area contributed by atoms with E-state index in [0.29, 0.717) is 22.3 Å². The second kappa shape index (κ2) is 4.02. The molecule has 0 unspecified atom stereocenters. The molecule has 80 valence electrons. The highest BCUT2D eigenvalue weighted by molar-refractivity contribution is 6.53. The first-order valence-electron chi connectivity index (χ1n) is 4.15. The van der Waals surface area contributed by atoms with E-state index >= 15 is 0 Å². The first-order chi connectivity index (χ1) is 7.02. The molecule has 1 aliphatic heterocycles. The molecule has 0 bridgehead atoms. The van der Waals surface area contributed by atoms with E-state index in [0.717, 1.165) is 11.4 Å². The number of amidine groups is 1. The Balaban J connectivity index is 2.70. The van der Waals surface area contributed by atoms with Crippen LogP contribution in [0.25, 0.3) is 0 Å². The smallest absolute Gasteiger partial charge is 0.0980 e. The molecular formula is C9H6Cl4N2. The molecule has 1 aromatic carbocycles. The summed E-state index contributed by atoms with van der Waals surface area (Å²) in [4.78, 5) is 4.20. The third-order valence-electron chi connectivity index (χ3n) is 2.14. The van der Waals surface area contributed by atoms with Gasteiger partial charge < -0.3 is 5.32 Å². The molecule has 15 heavy (non-hydrogen) atoms. The maximum atomic E-state index is 6.06. The molecule has 0 aliphatic carbocycles. The summed E-state index contributed by atoms with van der Waals surface area (Å²) >= 11 is 24.0. The van der Waals surface area contributed by atoms with Crippen LogP contribution in [0.4, 0.5) is 5.69 Å². The molecule has 1 aromatic rings. The summed E-state index contributed by atoms with van der Waals surface area (Å²) < 4.78 is 0. The van der Waals surface area contributed by atoms with Crippen molar-refractivity contribution in [3.63, 3.8) is 0 Å². The Morgan fingerprint density at radius 3 is 2.27 bits per heavy atom. The summed E-state index contributed by atoms with van der Waals surface area (Å²) in [5.41, 5.74) is 1.48. The number of anilines is 1. The van der Waals surface area contributed by atoms with Gasteiger partial charge in [0.05, 0.1) is 38.2 Å². The molecule has 1 heterocycles. The minimum absolute atomic E-state index is 0.268. The van der Waals surface area contributed by atoms with Crippen LogP contribution in [0.1, 0.15) is 12.5 Å². The monoisotopic (exact) mass is 282 g/mol. The van der Waals surface area contributed by atoms with Crippen molar-refractivity contribution in [3.05, 3.63) is 25.7 Å². The molecule has 0 saturated carbocycles. The van der Waals surface area contributed by atoms with Crippen molar-refractivity contribution in [1.29, 1.82) is 0 Å². The standard InChI is InChI=1S/C9H6Cl4N2/c1-3-14-2-4-5(10)6(11)7(12)8(13)9(4)15-3/h2H2,1H3,(H,14,15). The Hall–Kier alpha value is -0.150. The van der Waals surface area contributed by atoms with E-state index in [4.69, 9.17) is 46.4 Å². The lowest BCUT2D eigenvalue weighted by Gasteiger charge is -2.20. The zero-order valence-electron chi connectivity index (χ0n) is 7.67. The summed E-state index contributed by atoms with van der Waals surface area (Å²) in [6.45, 7) is 2.30. The predicted octanol–water partition coefficient (Wildman–Crippen LogP) is 4.64. The second-order valence-electron chi connectivity index (χ2n) is 3.14. The van der Waals surface area contributed by atoms with Gasteiger partial charge in [0.25, 0.3) is 0 Å². The molecule has 6 heteroatoms. The van der Waals surface area contributed by atoms with Crippen LogP contribution in [0.2, 0.25) is 20.1 Å². The van der Waals surface area contributed by atoms with Crippen molar-refractivity contribution >= 4 is 57.9 Å². The zero-order valence-corrected chi connectivity index (χ0v) is 10.7. The lowest BCUT2D eigenvalue weighted by molar-refractivity contribution is 1.04. The molecule has 1 N–H and O–H groups in total. The number of hydrogen-bond acceptors (Lipinski definition) is 2. The Morgan fingerprint density at radius 2 is 1.60 bits per heavy atom. The normalized spacial score (nSPS) is 14.3. The van der Waals surface area contributed by atoms with Crippen LogP contribution in [-0.2, 0) is 6.54 Å². The van der Waals surface area contributed by atoms with Crippen LogP contribution in [0.3, 0.4) is 0 Å². The highest BCUT2D eigenvalue weighted by Crippen LogP contribution is 2.45. The van der Waals surface area contributed by atoms with E-state index in [1.807, 2.05) is 6.92 Å². The van der Waals surface area contributed by atoms with Crippen LogP contribution in [0.5, 0.6) is 0 Å². The van der Waals surface area contributed by atoms with E-state index in [9.17, 15) is 0 Å². The van der Waals surface area contributed by atoms with Gasteiger partial charge in [-0.05, 0) is 6.92 Å². The maximum absolute atomic E-state index is 6.06. The van der Waals surface area contributed by atoms with Crippen molar-refractivity contribution in [2.24, 2.45) is 4.99 Å². The number of hydrogen-bond donors (Lipinski definition) is 1. The van der Waals surface area contributed by atoms with Crippen molar-refractivity contribution < 1.29 is 0 Å². The molecule has 2 nitrogen and oxygen atoms in total. The largest absolute Gasteiger partial charge is 0.343 e. The predicted molar refractivity (Wildman–Crippen MR) is 66.9 cm³/mol. The summed E-state index contributed by atoms with van der Waals surface area (Å²) in [7, 11) is 0. The number of rotatable bonds is 0. The van der Waals surface area contributed by atoms with E-state index in [-0.39, 0.29) is 10.0 Å². The number of fused-ring (bicyclic) bond motifs is 1.